The van der Waals surface area contributed by atoms with Gasteiger partial charge in [-0.3, -0.25) is 0 Å². The molecule has 70 valence electrons. The Morgan fingerprint density at radius 2 is 2.08 bits per heavy atom. The molecular formula is C10H20N2. The Balaban J connectivity index is 3.33. The van der Waals surface area contributed by atoms with Crippen LogP contribution in [0.1, 0.15) is 40.0 Å². The van der Waals surface area contributed by atoms with E-state index in [1.807, 2.05) is 0 Å². The van der Waals surface area contributed by atoms with Crippen LogP contribution in [-0.2, 0) is 0 Å². The van der Waals surface area contributed by atoms with Gasteiger partial charge in [0.2, 0.25) is 0 Å². The van der Waals surface area contributed by atoms with Crippen molar-refractivity contribution in [2.45, 2.75) is 46.1 Å². The number of rotatable bonds is 6. The highest BCUT2D eigenvalue weighted by Crippen LogP contribution is 2.08. The molecule has 0 amide bonds. The highest BCUT2D eigenvalue weighted by Gasteiger charge is 2.05. The predicted molar refractivity (Wildman–Crippen MR) is 51.8 cm³/mol. The van der Waals surface area contributed by atoms with Gasteiger partial charge in [-0.15, -0.1) is 0 Å². The smallest absolute Gasteiger partial charge is 0.0635 e. The molecule has 2 nitrogen and oxygen atoms in total. The normalized spacial score (nSPS) is 15.2. The topological polar surface area (TPSA) is 35.8 Å². The molecule has 2 heteroatoms. The van der Waals surface area contributed by atoms with E-state index in [1.54, 1.807) is 0 Å². The summed E-state index contributed by atoms with van der Waals surface area (Å²) >= 11 is 0. The van der Waals surface area contributed by atoms with E-state index in [0.29, 0.717) is 12.5 Å². The molecular weight excluding hydrogens is 148 g/mol. The van der Waals surface area contributed by atoms with Crippen LogP contribution in [0.25, 0.3) is 0 Å². The molecule has 0 heterocycles. The van der Waals surface area contributed by atoms with Gasteiger partial charge >= 0.3 is 0 Å². The molecule has 0 rings (SSSR count). The minimum Gasteiger partial charge on any atom is -0.313 e. The van der Waals surface area contributed by atoms with Gasteiger partial charge in [0.05, 0.1) is 6.07 Å². The first-order valence-corrected chi connectivity index (χ1v) is 4.81. The summed E-state index contributed by atoms with van der Waals surface area (Å²) in [6.07, 6.45) is 3.07. The number of hydrogen-bond acceptors (Lipinski definition) is 2. The molecule has 0 aromatic rings. The zero-order chi connectivity index (χ0) is 9.40. The molecule has 2 atom stereocenters. The van der Waals surface area contributed by atoms with Crippen molar-refractivity contribution < 1.29 is 0 Å². The van der Waals surface area contributed by atoms with Gasteiger partial charge in [-0.1, -0.05) is 20.3 Å². The Hall–Kier alpha value is -0.550. The van der Waals surface area contributed by atoms with Gasteiger partial charge in [0.1, 0.15) is 0 Å². The molecule has 0 aliphatic heterocycles. The molecule has 0 aliphatic carbocycles. The zero-order valence-electron chi connectivity index (χ0n) is 8.43. The third-order valence-electron chi connectivity index (χ3n) is 2.18. The van der Waals surface area contributed by atoms with Crippen LogP contribution in [0.2, 0.25) is 0 Å². The molecule has 0 bridgehead atoms. The van der Waals surface area contributed by atoms with Crippen molar-refractivity contribution in [2.24, 2.45) is 5.92 Å². The fourth-order valence-corrected chi connectivity index (χ4v) is 1.23. The summed E-state index contributed by atoms with van der Waals surface area (Å²) in [6, 6.07) is 2.68. The Labute approximate surface area is 76.0 Å². The molecule has 2 unspecified atom stereocenters. The van der Waals surface area contributed by atoms with Crippen molar-refractivity contribution in [3.05, 3.63) is 0 Å². The highest BCUT2D eigenvalue weighted by atomic mass is 14.9. The summed E-state index contributed by atoms with van der Waals surface area (Å²) in [7, 11) is 0. The van der Waals surface area contributed by atoms with E-state index >= 15 is 0 Å². The summed E-state index contributed by atoms with van der Waals surface area (Å²) in [5.41, 5.74) is 0. The van der Waals surface area contributed by atoms with Crippen molar-refractivity contribution >= 4 is 0 Å². The zero-order valence-corrected chi connectivity index (χ0v) is 8.43. The third kappa shape index (κ3) is 6.18. The maximum Gasteiger partial charge on any atom is 0.0635 e. The second-order valence-corrected chi connectivity index (χ2v) is 3.51. The molecule has 0 spiro atoms. The van der Waals surface area contributed by atoms with Crippen LogP contribution >= 0.6 is 0 Å². The SMILES string of the molecule is CCC(C)CC(C)NCCC#N. The van der Waals surface area contributed by atoms with Crippen molar-refractivity contribution in [1.29, 1.82) is 5.26 Å². The lowest BCUT2D eigenvalue weighted by molar-refractivity contribution is 0.416. The van der Waals surface area contributed by atoms with Gasteiger partial charge in [-0.25, -0.2) is 0 Å². The van der Waals surface area contributed by atoms with Crippen molar-refractivity contribution in [1.82, 2.24) is 5.32 Å². The first-order chi connectivity index (χ1) is 5.70. The molecule has 0 aromatic carbocycles. The summed E-state index contributed by atoms with van der Waals surface area (Å²) in [5, 5.41) is 11.6. The van der Waals surface area contributed by atoms with E-state index in [0.717, 1.165) is 12.5 Å². The minimum atomic E-state index is 0.549. The number of nitrogens with one attached hydrogen (secondary N) is 1. The summed E-state index contributed by atoms with van der Waals surface area (Å²) < 4.78 is 0. The lowest BCUT2D eigenvalue weighted by Gasteiger charge is -2.16. The monoisotopic (exact) mass is 168 g/mol. The standard InChI is InChI=1S/C10H20N2/c1-4-9(2)8-10(3)12-7-5-6-11/h9-10,12H,4-5,7-8H2,1-3H3. The van der Waals surface area contributed by atoms with Crippen LogP contribution in [0.5, 0.6) is 0 Å². The van der Waals surface area contributed by atoms with Crippen LogP contribution in [-0.4, -0.2) is 12.6 Å². The van der Waals surface area contributed by atoms with Crippen LogP contribution in [0.3, 0.4) is 0 Å². The number of hydrogen-bond donors (Lipinski definition) is 1. The average molecular weight is 168 g/mol. The summed E-state index contributed by atoms with van der Waals surface area (Å²) in [5.74, 6) is 0.787. The van der Waals surface area contributed by atoms with Crippen LogP contribution in [0.15, 0.2) is 0 Å². The lowest BCUT2D eigenvalue weighted by Crippen LogP contribution is -2.28. The van der Waals surface area contributed by atoms with Crippen LogP contribution in [0, 0.1) is 17.2 Å². The predicted octanol–water partition coefficient (Wildman–Crippen LogP) is 2.31. The molecule has 0 radical (unpaired) electrons. The van der Waals surface area contributed by atoms with Gasteiger partial charge in [-0.2, -0.15) is 5.26 Å². The molecule has 1 N–H and O–H groups in total. The largest absolute Gasteiger partial charge is 0.313 e. The van der Waals surface area contributed by atoms with Crippen LogP contribution < -0.4 is 5.32 Å². The molecule has 0 saturated carbocycles. The molecule has 0 aliphatic rings. The number of nitriles is 1. The molecule has 0 saturated heterocycles. The van der Waals surface area contributed by atoms with Crippen molar-refractivity contribution in [3.8, 4) is 6.07 Å². The average Bonchev–Trinajstić information content (AvgIpc) is 2.05. The number of nitrogens with zero attached hydrogens (tertiary/aromatic N) is 1. The van der Waals surface area contributed by atoms with E-state index in [2.05, 4.69) is 32.2 Å². The quantitative estimate of drug-likeness (QED) is 0.618. The van der Waals surface area contributed by atoms with E-state index in [9.17, 15) is 0 Å². The fourth-order valence-electron chi connectivity index (χ4n) is 1.23. The minimum absolute atomic E-state index is 0.549. The molecule has 0 fully saturated rings. The third-order valence-corrected chi connectivity index (χ3v) is 2.18. The van der Waals surface area contributed by atoms with Crippen LogP contribution in [0.4, 0.5) is 0 Å². The van der Waals surface area contributed by atoms with Gasteiger partial charge in [0.15, 0.2) is 0 Å². The first kappa shape index (κ1) is 11.4. The van der Waals surface area contributed by atoms with Gasteiger partial charge in [0, 0.05) is 19.0 Å². The lowest BCUT2D eigenvalue weighted by atomic mass is 10.0. The molecule has 12 heavy (non-hydrogen) atoms. The summed E-state index contributed by atoms with van der Waals surface area (Å²) in [4.78, 5) is 0. The van der Waals surface area contributed by atoms with Crippen molar-refractivity contribution in [2.75, 3.05) is 6.54 Å². The second kappa shape index (κ2) is 7.12. The highest BCUT2D eigenvalue weighted by molar-refractivity contribution is 4.72. The first-order valence-electron chi connectivity index (χ1n) is 4.81. The second-order valence-electron chi connectivity index (χ2n) is 3.51. The summed E-state index contributed by atoms with van der Waals surface area (Å²) in [6.45, 7) is 7.49. The maximum absolute atomic E-state index is 8.32. The Morgan fingerprint density at radius 1 is 1.42 bits per heavy atom. The maximum atomic E-state index is 8.32. The van der Waals surface area contributed by atoms with E-state index < -0.39 is 0 Å². The molecule has 0 aromatic heterocycles. The van der Waals surface area contributed by atoms with Gasteiger partial charge in [0.25, 0.3) is 0 Å². The van der Waals surface area contributed by atoms with Gasteiger partial charge in [-0.05, 0) is 19.3 Å². The van der Waals surface area contributed by atoms with Gasteiger partial charge < -0.3 is 5.32 Å². The van der Waals surface area contributed by atoms with Crippen molar-refractivity contribution in [3.63, 3.8) is 0 Å². The Kier molecular flexibility index (Phi) is 6.79. The van der Waals surface area contributed by atoms with E-state index in [1.165, 1.54) is 12.8 Å². The Bertz CT molecular complexity index is 137. The van der Waals surface area contributed by atoms with E-state index in [4.69, 9.17) is 5.26 Å². The fraction of sp³-hybridized carbons (Fsp3) is 0.900. The van der Waals surface area contributed by atoms with E-state index in [-0.39, 0.29) is 0 Å². The Morgan fingerprint density at radius 3 is 2.58 bits per heavy atom.